The van der Waals surface area contributed by atoms with Crippen molar-refractivity contribution in [1.29, 1.82) is 0 Å². The molecule has 0 aromatic heterocycles. The molecule has 4 heteroatoms. The highest BCUT2D eigenvalue weighted by Gasteiger charge is 2.27. The fraction of sp³-hybridized carbons (Fsp3) is 0.333. The van der Waals surface area contributed by atoms with Crippen LogP contribution in [0, 0.1) is 0 Å². The summed E-state index contributed by atoms with van der Waals surface area (Å²) < 4.78 is 6.04. The maximum atomic E-state index is 6.04. The molecule has 0 saturated carbocycles. The van der Waals surface area contributed by atoms with Crippen LogP contribution < -0.4 is 5.32 Å². The summed E-state index contributed by atoms with van der Waals surface area (Å²) in [6.07, 6.45) is 0.189. The average molecular weight is 332 g/mol. The molecular formula is C18H21NOS2. The average Bonchev–Trinajstić information content (AvgIpc) is 2.61. The van der Waals surface area contributed by atoms with Crippen molar-refractivity contribution in [3.05, 3.63) is 65.7 Å². The molecule has 22 heavy (non-hydrogen) atoms. The first kappa shape index (κ1) is 15.9. The van der Waals surface area contributed by atoms with Crippen molar-refractivity contribution in [3.63, 3.8) is 0 Å². The Morgan fingerprint density at radius 2 is 1.91 bits per heavy atom. The van der Waals surface area contributed by atoms with Gasteiger partial charge in [-0.25, -0.2) is 0 Å². The van der Waals surface area contributed by atoms with Gasteiger partial charge in [0.1, 0.15) is 0 Å². The van der Waals surface area contributed by atoms with E-state index in [1.165, 1.54) is 16.0 Å². The van der Waals surface area contributed by atoms with Gasteiger partial charge < -0.3 is 10.1 Å². The predicted octanol–water partition coefficient (Wildman–Crippen LogP) is 3.94. The fourth-order valence-electron chi connectivity index (χ4n) is 2.67. The lowest BCUT2D eigenvalue weighted by atomic mass is 10.1. The number of thioether (sulfide) groups is 1. The second-order valence-electron chi connectivity index (χ2n) is 5.33. The number of morpholine rings is 1. The van der Waals surface area contributed by atoms with Crippen molar-refractivity contribution >= 4 is 24.4 Å². The zero-order valence-electron chi connectivity index (χ0n) is 12.4. The second kappa shape index (κ2) is 8.06. The predicted molar refractivity (Wildman–Crippen MR) is 96.8 cm³/mol. The minimum Gasteiger partial charge on any atom is -0.374 e. The van der Waals surface area contributed by atoms with Crippen molar-refractivity contribution in [1.82, 2.24) is 5.32 Å². The van der Waals surface area contributed by atoms with Crippen LogP contribution in [0.1, 0.15) is 16.4 Å². The molecule has 1 aliphatic heterocycles. The van der Waals surface area contributed by atoms with Gasteiger partial charge in [-0.2, -0.15) is 12.6 Å². The monoisotopic (exact) mass is 331 g/mol. The first-order chi connectivity index (χ1) is 10.9. The summed E-state index contributed by atoms with van der Waals surface area (Å²) in [6.45, 7) is 2.62. The minimum atomic E-state index is 0.189. The van der Waals surface area contributed by atoms with E-state index in [0.29, 0.717) is 0 Å². The van der Waals surface area contributed by atoms with E-state index in [1.54, 1.807) is 0 Å². The minimum absolute atomic E-state index is 0.189. The molecule has 2 nitrogen and oxygen atoms in total. The largest absolute Gasteiger partial charge is 0.374 e. The molecular weight excluding hydrogens is 310 g/mol. The van der Waals surface area contributed by atoms with Crippen molar-refractivity contribution in [2.24, 2.45) is 0 Å². The number of benzene rings is 2. The van der Waals surface area contributed by atoms with E-state index in [4.69, 9.17) is 4.74 Å². The summed E-state index contributed by atoms with van der Waals surface area (Å²) in [5.41, 5.74) is 2.59. The summed E-state index contributed by atoms with van der Waals surface area (Å²) in [4.78, 5) is 1.29. The molecule has 1 heterocycles. The van der Waals surface area contributed by atoms with Gasteiger partial charge in [-0.3, -0.25) is 0 Å². The molecule has 1 N–H and O–H groups in total. The van der Waals surface area contributed by atoms with Crippen LogP contribution in [0.25, 0.3) is 0 Å². The van der Waals surface area contributed by atoms with E-state index in [2.05, 4.69) is 72.5 Å². The molecule has 2 aromatic rings. The lowest BCUT2D eigenvalue weighted by Crippen LogP contribution is -2.41. The Kier molecular flexibility index (Phi) is 5.84. The second-order valence-corrected chi connectivity index (χ2v) is 6.83. The van der Waals surface area contributed by atoms with Gasteiger partial charge in [0.15, 0.2) is 0 Å². The maximum Gasteiger partial charge on any atom is 0.0862 e. The third kappa shape index (κ3) is 3.87. The van der Waals surface area contributed by atoms with E-state index in [9.17, 15) is 0 Å². The van der Waals surface area contributed by atoms with Gasteiger partial charge in [-0.05, 0) is 17.2 Å². The maximum absolute atomic E-state index is 6.04. The summed E-state index contributed by atoms with van der Waals surface area (Å²) in [5, 5.41) is 3.73. The Bertz CT molecular complexity index is 585. The molecule has 0 radical (unpaired) electrons. The third-order valence-electron chi connectivity index (χ3n) is 3.82. The van der Waals surface area contributed by atoms with Crippen LogP contribution in [0.4, 0.5) is 0 Å². The molecule has 2 atom stereocenters. The Balaban J connectivity index is 1.88. The lowest BCUT2D eigenvalue weighted by Gasteiger charge is -2.31. The number of hydrogen-bond acceptors (Lipinski definition) is 4. The normalized spacial score (nSPS) is 19.8. The molecule has 1 fully saturated rings. The molecule has 0 spiro atoms. The number of rotatable bonds is 5. The van der Waals surface area contributed by atoms with Crippen LogP contribution in [0.2, 0.25) is 0 Å². The smallest absolute Gasteiger partial charge is 0.0862 e. The molecule has 1 saturated heterocycles. The van der Waals surface area contributed by atoms with Gasteiger partial charge >= 0.3 is 0 Å². The van der Waals surface area contributed by atoms with E-state index < -0.39 is 0 Å². The molecule has 1 unspecified atom stereocenters. The lowest BCUT2D eigenvalue weighted by molar-refractivity contribution is 0.0273. The first-order valence-electron chi connectivity index (χ1n) is 7.61. The van der Waals surface area contributed by atoms with Gasteiger partial charge in [-0.15, -0.1) is 11.8 Å². The molecule has 0 bridgehead atoms. The van der Waals surface area contributed by atoms with Crippen LogP contribution >= 0.6 is 24.4 Å². The van der Waals surface area contributed by atoms with Crippen molar-refractivity contribution in [2.45, 2.75) is 22.0 Å². The van der Waals surface area contributed by atoms with E-state index in [1.807, 2.05) is 11.8 Å². The molecule has 3 rings (SSSR count). The van der Waals surface area contributed by atoms with Gasteiger partial charge in [0, 0.05) is 23.7 Å². The number of nitrogens with one attached hydrogen (secondary N) is 1. The third-order valence-corrected chi connectivity index (χ3v) is 5.64. The summed E-state index contributed by atoms with van der Waals surface area (Å²) in [5.74, 6) is 0.758. The van der Waals surface area contributed by atoms with E-state index in [-0.39, 0.29) is 11.4 Å². The number of hydrogen-bond donors (Lipinski definition) is 2. The quantitative estimate of drug-likeness (QED) is 0.640. The van der Waals surface area contributed by atoms with Crippen molar-refractivity contribution < 1.29 is 4.74 Å². The molecule has 1 aliphatic rings. The zero-order chi connectivity index (χ0) is 15.2. The Labute approximate surface area is 142 Å². The van der Waals surface area contributed by atoms with Gasteiger partial charge in [-0.1, -0.05) is 48.5 Å². The van der Waals surface area contributed by atoms with Gasteiger partial charge in [0.25, 0.3) is 0 Å². The molecule has 2 aromatic carbocycles. The summed E-state index contributed by atoms with van der Waals surface area (Å²) in [6, 6.07) is 19.2. The van der Waals surface area contributed by atoms with E-state index >= 15 is 0 Å². The van der Waals surface area contributed by atoms with Crippen LogP contribution in [0.15, 0.2) is 59.5 Å². The first-order valence-corrected chi connectivity index (χ1v) is 9.12. The van der Waals surface area contributed by atoms with Crippen molar-refractivity contribution in [3.8, 4) is 0 Å². The standard InChI is InChI=1S/C18H21NOS2/c21-13-15-8-4-5-9-17(15)22-18(14-6-2-1-3-7-14)16-12-19-10-11-20-16/h1-9,16,18-19,21H,10-13H2/t16-,18?/m0/s1. The van der Waals surface area contributed by atoms with Crippen LogP contribution in [0.5, 0.6) is 0 Å². The summed E-state index contributed by atoms with van der Waals surface area (Å²) >= 11 is 6.35. The topological polar surface area (TPSA) is 21.3 Å². The molecule has 116 valence electrons. The molecule has 0 aliphatic carbocycles. The summed E-state index contributed by atoms with van der Waals surface area (Å²) in [7, 11) is 0. The highest BCUT2D eigenvalue weighted by molar-refractivity contribution is 7.99. The van der Waals surface area contributed by atoms with Crippen LogP contribution in [0.3, 0.4) is 0 Å². The Morgan fingerprint density at radius 3 is 2.64 bits per heavy atom. The molecule has 0 amide bonds. The Hall–Kier alpha value is -0.940. The SMILES string of the molecule is SCc1ccccc1SC(c1ccccc1)[C@@H]1CNCCO1. The Morgan fingerprint density at radius 1 is 1.14 bits per heavy atom. The van der Waals surface area contributed by atoms with Crippen LogP contribution in [-0.2, 0) is 10.5 Å². The zero-order valence-corrected chi connectivity index (χ0v) is 14.2. The van der Waals surface area contributed by atoms with Gasteiger partial charge in [0.2, 0.25) is 0 Å². The highest BCUT2D eigenvalue weighted by atomic mass is 32.2. The van der Waals surface area contributed by atoms with Crippen molar-refractivity contribution in [2.75, 3.05) is 19.7 Å². The fourth-order valence-corrected chi connectivity index (χ4v) is 4.39. The highest BCUT2D eigenvalue weighted by Crippen LogP contribution is 2.40. The number of ether oxygens (including phenoxy) is 1. The van der Waals surface area contributed by atoms with E-state index in [0.717, 1.165) is 25.4 Å². The van der Waals surface area contributed by atoms with Crippen LogP contribution in [-0.4, -0.2) is 25.8 Å². The number of thiol groups is 1. The van der Waals surface area contributed by atoms with Gasteiger partial charge in [0.05, 0.1) is 18.0 Å².